The van der Waals surface area contributed by atoms with Crippen LogP contribution in [0.2, 0.25) is 0 Å². The Bertz CT molecular complexity index is 644. The average Bonchev–Trinajstić information content (AvgIpc) is 3.17. The van der Waals surface area contributed by atoms with Crippen molar-refractivity contribution in [2.75, 3.05) is 27.2 Å². The highest BCUT2D eigenvalue weighted by Crippen LogP contribution is 2.50. The van der Waals surface area contributed by atoms with Crippen LogP contribution in [0.25, 0.3) is 0 Å². The van der Waals surface area contributed by atoms with E-state index in [-0.39, 0.29) is 23.8 Å². The van der Waals surface area contributed by atoms with Gasteiger partial charge in [0.25, 0.3) is 0 Å². The van der Waals surface area contributed by atoms with Crippen molar-refractivity contribution < 1.29 is 15.0 Å². The van der Waals surface area contributed by atoms with E-state index in [2.05, 4.69) is 23.2 Å². The van der Waals surface area contributed by atoms with E-state index in [1.165, 1.54) is 5.57 Å². The minimum absolute atomic E-state index is 0.0766. The van der Waals surface area contributed by atoms with Gasteiger partial charge in [-0.3, -0.25) is 4.79 Å². The van der Waals surface area contributed by atoms with Crippen LogP contribution in [0.5, 0.6) is 0 Å². The number of fused-ring (bicyclic) bond motifs is 1. The third kappa shape index (κ3) is 6.20. The van der Waals surface area contributed by atoms with Crippen molar-refractivity contribution in [3.05, 3.63) is 23.8 Å². The first-order valence-corrected chi connectivity index (χ1v) is 10.4. The normalized spacial score (nSPS) is 30.1. The van der Waals surface area contributed by atoms with Crippen LogP contribution in [0.1, 0.15) is 39.5 Å². The molecule has 0 spiro atoms. The highest BCUT2D eigenvalue weighted by molar-refractivity contribution is 5.77. The van der Waals surface area contributed by atoms with Crippen LogP contribution in [0.4, 0.5) is 0 Å². The molecule has 2 saturated carbocycles. The van der Waals surface area contributed by atoms with Gasteiger partial charge in [0, 0.05) is 33.0 Å². The molecule has 3 N–H and O–H groups in total. The molecule has 0 aromatic heterocycles. The molecule has 0 saturated heterocycles. The quantitative estimate of drug-likeness (QED) is 0.338. The number of hydrogen-bond acceptors (Lipinski definition) is 4. The zero-order valence-corrected chi connectivity index (χ0v) is 17.7. The summed E-state index contributed by atoms with van der Waals surface area (Å²) in [5.74, 6) is 7.12. The number of allylic oxidation sites excluding steroid dienone is 1. The fraction of sp³-hybridized carbons (Fsp3) is 0.696. The smallest absolute Gasteiger partial charge is 0.236 e. The summed E-state index contributed by atoms with van der Waals surface area (Å²) in [7, 11) is 3.52. The molecule has 0 heterocycles. The molecule has 28 heavy (non-hydrogen) atoms. The van der Waals surface area contributed by atoms with Crippen LogP contribution < -0.4 is 5.32 Å². The van der Waals surface area contributed by atoms with Crippen LogP contribution in [-0.2, 0) is 4.79 Å². The number of hydrogen-bond donors (Lipinski definition) is 3. The number of carbonyl (C=O) groups excluding carboxylic acids is 1. The molecular weight excluding hydrogens is 352 g/mol. The Kier molecular flexibility index (Phi) is 8.75. The van der Waals surface area contributed by atoms with E-state index in [0.717, 1.165) is 19.3 Å². The van der Waals surface area contributed by atoms with Gasteiger partial charge in [0.05, 0.1) is 18.8 Å². The average molecular weight is 389 g/mol. The van der Waals surface area contributed by atoms with Gasteiger partial charge in [0.1, 0.15) is 0 Å². The zero-order chi connectivity index (χ0) is 20.7. The fourth-order valence-corrected chi connectivity index (χ4v) is 4.31. The predicted molar refractivity (Wildman–Crippen MR) is 112 cm³/mol. The van der Waals surface area contributed by atoms with E-state index in [0.29, 0.717) is 31.3 Å². The summed E-state index contributed by atoms with van der Waals surface area (Å²) >= 11 is 0. The van der Waals surface area contributed by atoms with Crippen molar-refractivity contribution in [3.8, 4) is 11.8 Å². The Morgan fingerprint density at radius 2 is 2.14 bits per heavy atom. The van der Waals surface area contributed by atoms with Gasteiger partial charge in [-0.05, 0) is 43.9 Å². The van der Waals surface area contributed by atoms with Gasteiger partial charge in [0.2, 0.25) is 5.91 Å². The van der Waals surface area contributed by atoms with Gasteiger partial charge in [-0.25, -0.2) is 0 Å². The molecular formula is C23H36N2O3. The number of likely N-dealkylation sites (N-methyl/N-ethyl adjacent to an activating group) is 1. The van der Waals surface area contributed by atoms with Gasteiger partial charge in [-0.1, -0.05) is 30.7 Å². The van der Waals surface area contributed by atoms with Gasteiger partial charge in [0.15, 0.2) is 0 Å². The molecule has 0 aromatic rings. The molecule has 0 aromatic carbocycles. The topological polar surface area (TPSA) is 72.8 Å². The lowest BCUT2D eigenvalue weighted by Crippen LogP contribution is -2.33. The van der Waals surface area contributed by atoms with E-state index in [1.54, 1.807) is 19.0 Å². The Morgan fingerprint density at radius 1 is 1.39 bits per heavy atom. The number of nitrogens with zero attached hydrogens (tertiary/aromatic N) is 1. The van der Waals surface area contributed by atoms with Crippen LogP contribution in [0, 0.1) is 35.5 Å². The zero-order valence-electron chi connectivity index (χ0n) is 17.7. The summed E-state index contributed by atoms with van der Waals surface area (Å²) in [6, 6.07) is 0. The molecule has 5 nitrogen and oxygen atoms in total. The van der Waals surface area contributed by atoms with E-state index in [9.17, 15) is 15.0 Å². The lowest BCUT2D eigenvalue weighted by Gasteiger charge is -2.19. The second-order valence-electron chi connectivity index (χ2n) is 8.48. The molecule has 0 aliphatic heterocycles. The number of nitrogens with one attached hydrogen (secondary N) is 1. The maximum atomic E-state index is 11.6. The predicted octanol–water partition coefficient (Wildman–Crippen LogP) is 1.96. The SMILES string of the molecule is CC#CC[C@@H](C)[C@H](O)C=C[C@@H]1[C@H]2CC(=CCNCC(=O)N(C)C)C[C@H]2C[C@H]1O. The molecule has 5 heteroatoms. The number of rotatable bonds is 8. The van der Waals surface area contributed by atoms with Crippen LogP contribution in [-0.4, -0.2) is 60.4 Å². The fourth-order valence-electron chi connectivity index (χ4n) is 4.31. The first-order valence-electron chi connectivity index (χ1n) is 10.4. The third-order valence-electron chi connectivity index (χ3n) is 6.14. The monoisotopic (exact) mass is 388 g/mol. The van der Waals surface area contributed by atoms with Crippen molar-refractivity contribution in [3.63, 3.8) is 0 Å². The summed E-state index contributed by atoms with van der Waals surface area (Å²) in [4.78, 5) is 13.2. The van der Waals surface area contributed by atoms with E-state index >= 15 is 0 Å². The number of aliphatic hydroxyl groups is 2. The first kappa shape index (κ1) is 22.7. The number of aliphatic hydroxyl groups excluding tert-OH is 2. The Labute approximate surface area is 169 Å². The molecule has 2 aliphatic rings. The minimum atomic E-state index is -0.526. The van der Waals surface area contributed by atoms with Gasteiger partial charge >= 0.3 is 0 Å². The molecule has 2 aliphatic carbocycles. The summed E-state index contributed by atoms with van der Waals surface area (Å²) in [6.07, 6.45) is 8.78. The molecule has 156 valence electrons. The number of carbonyl (C=O) groups is 1. The molecule has 1 amide bonds. The van der Waals surface area contributed by atoms with Crippen LogP contribution in [0.3, 0.4) is 0 Å². The first-order chi connectivity index (χ1) is 13.3. The van der Waals surface area contributed by atoms with Gasteiger partial charge in [-0.15, -0.1) is 11.8 Å². The van der Waals surface area contributed by atoms with Crippen molar-refractivity contribution in [2.45, 2.75) is 51.7 Å². The Morgan fingerprint density at radius 3 is 2.82 bits per heavy atom. The molecule has 2 fully saturated rings. The van der Waals surface area contributed by atoms with Gasteiger partial charge < -0.3 is 20.4 Å². The van der Waals surface area contributed by atoms with E-state index < -0.39 is 6.10 Å². The van der Waals surface area contributed by atoms with Crippen LogP contribution >= 0.6 is 0 Å². The summed E-state index contributed by atoms with van der Waals surface area (Å²) in [5, 5.41) is 24.0. The third-order valence-corrected chi connectivity index (χ3v) is 6.14. The molecule has 0 unspecified atom stereocenters. The highest BCUT2D eigenvalue weighted by atomic mass is 16.3. The van der Waals surface area contributed by atoms with Crippen LogP contribution in [0.15, 0.2) is 23.8 Å². The Hall–Kier alpha value is -1.61. The van der Waals surface area contributed by atoms with E-state index in [4.69, 9.17) is 0 Å². The second-order valence-corrected chi connectivity index (χ2v) is 8.48. The summed E-state index contributed by atoms with van der Waals surface area (Å²) < 4.78 is 0. The van der Waals surface area contributed by atoms with Gasteiger partial charge in [-0.2, -0.15) is 0 Å². The molecule has 0 bridgehead atoms. The van der Waals surface area contributed by atoms with Crippen molar-refractivity contribution in [1.82, 2.24) is 10.2 Å². The maximum Gasteiger partial charge on any atom is 0.236 e. The standard InChI is InChI=1S/C23H36N2O3/c1-5-6-7-16(2)21(26)9-8-19-20-13-17(12-18(20)14-22(19)27)10-11-24-15-23(28)25(3)4/h8-10,16,18-22,24,26-27H,7,11-15H2,1-4H3/t16-,18+,19-,20+,21-,22-/m1/s1. The summed E-state index contributed by atoms with van der Waals surface area (Å²) in [5.41, 5.74) is 1.41. The molecule has 0 radical (unpaired) electrons. The van der Waals surface area contributed by atoms with Crippen molar-refractivity contribution in [2.24, 2.45) is 23.7 Å². The van der Waals surface area contributed by atoms with Crippen molar-refractivity contribution >= 4 is 5.91 Å². The lowest BCUT2D eigenvalue weighted by atomic mass is 9.89. The minimum Gasteiger partial charge on any atom is -0.392 e. The molecule has 6 atom stereocenters. The maximum absolute atomic E-state index is 11.6. The Balaban J connectivity index is 1.86. The van der Waals surface area contributed by atoms with E-state index in [1.807, 2.05) is 26.0 Å². The summed E-state index contributed by atoms with van der Waals surface area (Å²) in [6.45, 7) is 4.86. The largest absolute Gasteiger partial charge is 0.392 e. The second kappa shape index (κ2) is 10.8. The number of amides is 1. The molecule has 2 rings (SSSR count). The lowest BCUT2D eigenvalue weighted by molar-refractivity contribution is -0.127. The van der Waals surface area contributed by atoms with Crippen molar-refractivity contribution in [1.29, 1.82) is 0 Å². The highest BCUT2D eigenvalue weighted by Gasteiger charge is 2.44.